The summed E-state index contributed by atoms with van der Waals surface area (Å²) in [6.07, 6.45) is 3.85. The minimum atomic E-state index is -0.362. The van der Waals surface area contributed by atoms with E-state index in [1.807, 2.05) is 14.0 Å². The quantitative estimate of drug-likeness (QED) is 0.833. The number of piperidine rings is 1. The lowest BCUT2D eigenvalue weighted by Crippen LogP contribution is -2.45. The van der Waals surface area contributed by atoms with Gasteiger partial charge in [-0.2, -0.15) is 0 Å². The van der Waals surface area contributed by atoms with Crippen LogP contribution in [0.25, 0.3) is 0 Å². The largest absolute Gasteiger partial charge is 0.462 e. The van der Waals surface area contributed by atoms with Gasteiger partial charge in [-0.3, -0.25) is 0 Å². The summed E-state index contributed by atoms with van der Waals surface area (Å²) in [6, 6.07) is 0.400. The van der Waals surface area contributed by atoms with Gasteiger partial charge in [-0.05, 0) is 33.2 Å². The number of likely N-dealkylation sites (N-methyl/N-ethyl adjacent to an activating group) is 1. The third kappa shape index (κ3) is 3.25. The Labute approximate surface area is 119 Å². The van der Waals surface area contributed by atoms with E-state index in [9.17, 15) is 4.79 Å². The van der Waals surface area contributed by atoms with Crippen molar-refractivity contribution >= 4 is 11.9 Å². The lowest BCUT2D eigenvalue weighted by Gasteiger charge is -2.31. The van der Waals surface area contributed by atoms with E-state index in [4.69, 9.17) is 4.74 Å². The Kier molecular flexibility index (Phi) is 4.89. The van der Waals surface area contributed by atoms with Crippen molar-refractivity contribution in [1.82, 2.24) is 15.3 Å². The van der Waals surface area contributed by atoms with Gasteiger partial charge in [0.05, 0.1) is 17.9 Å². The van der Waals surface area contributed by atoms with E-state index in [1.54, 1.807) is 13.1 Å². The molecule has 6 nitrogen and oxygen atoms in total. The molecular weight excluding hydrogens is 256 g/mol. The van der Waals surface area contributed by atoms with Crippen LogP contribution in [-0.4, -0.2) is 48.7 Å². The highest BCUT2D eigenvalue weighted by atomic mass is 16.5. The molecular formula is C14H22N4O2. The molecule has 1 fully saturated rings. The predicted octanol–water partition coefficient (Wildman–Crippen LogP) is 1.15. The summed E-state index contributed by atoms with van der Waals surface area (Å²) in [7, 11) is 2.00. The Morgan fingerprint density at radius 1 is 1.60 bits per heavy atom. The van der Waals surface area contributed by atoms with E-state index in [-0.39, 0.29) is 5.97 Å². The van der Waals surface area contributed by atoms with Crippen molar-refractivity contribution in [2.75, 3.05) is 31.6 Å². The van der Waals surface area contributed by atoms with E-state index in [1.165, 1.54) is 0 Å². The topological polar surface area (TPSA) is 67.3 Å². The Balaban J connectivity index is 2.13. The van der Waals surface area contributed by atoms with Gasteiger partial charge >= 0.3 is 5.97 Å². The van der Waals surface area contributed by atoms with Crippen LogP contribution < -0.4 is 10.2 Å². The van der Waals surface area contributed by atoms with Gasteiger partial charge in [0.25, 0.3) is 0 Å². The van der Waals surface area contributed by atoms with E-state index in [0.717, 1.165) is 25.9 Å². The van der Waals surface area contributed by atoms with Crippen molar-refractivity contribution in [2.24, 2.45) is 0 Å². The van der Waals surface area contributed by atoms with Gasteiger partial charge in [0.1, 0.15) is 0 Å². The summed E-state index contributed by atoms with van der Waals surface area (Å²) in [5.74, 6) is 0.294. The van der Waals surface area contributed by atoms with Crippen LogP contribution in [-0.2, 0) is 4.74 Å². The number of aryl methyl sites for hydroxylation is 1. The Bertz CT molecular complexity index is 472. The minimum absolute atomic E-state index is 0.355. The van der Waals surface area contributed by atoms with Crippen LogP contribution >= 0.6 is 0 Å². The van der Waals surface area contributed by atoms with E-state index in [2.05, 4.69) is 20.2 Å². The summed E-state index contributed by atoms with van der Waals surface area (Å²) in [4.78, 5) is 22.5. The normalized spacial score (nSPS) is 18.6. The lowest BCUT2D eigenvalue weighted by molar-refractivity contribution is 0.0524. The number of ether oxygens (including phenoxy) is 1. The molecule has 1 N–H and O–H groups in total. The molecule has 6 heteroatoms. The highest BCUT2D eigenvalue weighted by Crippen LogP contribution is 2.16. The number of carbonyl (C=O) groups excluding carboxylic acids is 1. The standard InChI is InChI=1S/C14H22N4O2/c1-4-20-13(19)12-9-16-14(17-10(12)2)18(3)11-6-5-7-15-8-11/h9,11,15H,4-8H2,1-3H3. The Morgan fingerprint density at radius 3 is 3.00 bits per heavy atom. The summed E-state index contributed by atoms with van der Waals surface area (Å²) in [5.41, 5.74) is 1.09. The molecule has 0 spiro atoms. The third-order valence-corrected chi connectivity index (χ3v) is 3.60. The number of carbonyl (C=O) groups is 1. The highest BCUT2D eigenvalue weighted by molar-refractivity contribution is 5.90. The van der Waals surface area contributed by atoms with Crippen LogP contribution in [0.1, 0.15) is 35.8 Å². The predicted molar refractivity (Wildman–Crippen MR) is 77.0 cm³/mol. The Hall–Kier alpha value is -1.69. The molecule has 0 aromatic carbocycles. The first-order valence-electron chi connectivity index (χ1n) is 7.07. The molecule has 1 saturated heterocycles. The number of nitrogens with one attached hydrogen (secondary N) is 1. The van der Waals surface area contributed by atoms with Crippen LogP contribution in [0.5, 0.6) is 0 Å². The third-order valence-electron chi connectivity index (χ3n) is 3.60. The van der Waals surface area contributed by atoms with Gasteiger partial charge in [-0.15, -0.1) is 0 Å². The maximum absolute atomic E-state index is 11.7. The van der Waals surface area contributed by atoms with Crippen LogP contribution in [0.15, 0.2) is 6.20 Å². The average molecular weight is 278 g/mol. The molecule has 1 atom stereocenters. The van der Waals surface area contributed by atoms with Gasteiger partial charge in [0.2, 0.25) is 5.95 Å². The molecule has 1 aromatic heterocycles. The van der Waals surface area contributed by atoms with Crippen molar-refractivity contribution < 1.29 is 9.53 Å². The van der Waals surface area contributed by atoms with Gasteiger partial charge in [0, 0.05) is 25.8 Å². The van der Waals surface area contributed by atoms with Crippen LogP contribution in [0, 0.1) is 6.92 Å². The highest BCUT2D eigenvalue weighted by Gasteiger charge is 2.21. The van der Waals surface area contributed by atoms with E-state index >= 15 is 0 Å². The second-order valence-corrected chi connectivity index (χ2v) is 5.00. The second-order valence-electron chi connectivity index (χ2n) is 5.00. The SMILES string of the molecule is CCOC(=O)c1cnc(N(C)C2CCCNC2)nc1C. The molecule has 0 radical (unpaired) electrons. The number of hydrogen-bond donors (Lipinski definition) is 1. The summed E-state index contributed by atoms with van der Waals surface area (Å²) in [6.45, 7) is 5.97. The van der Waals surface area contributed by atoms with E-state index < -0.39 is 0 Å². The maximum atomic E-state index is 11.7. The first-order valence-corrected chi connectivity index (χ1v) is 7.07. The molecule has 2 rings (SSSR count). The molecule has 2 heterocycles. The molecule has 110 valence electrons. The summed E-state index contributed by atoms with van der Waals surface area (Å²) < 4.78 is 4.98. The lowest BCUT2D eigenvalue weighted by atomic mass is 10.1. The molecule has 0 amide bonds. The van der Waals surface area contributed by atoms with Gasteiger partial charge in [0.15, 0.2) is 0 Å². The van der Waals surface area contributed by atoms with Crippen molar-refractivity contribution in [3.8, 4) is 0 Å². The maximum Gasteiger partial charge on any atom is 0.341 e. The number of hydrogen-bond acceptors (Lipinski definition) is 6. The smallest absolute Gasteiger partial charge is 0.341 e. The number of esters is 1. The number of nitrogens with zero attached hydrogens (tertiary/aromatic N) is 3. The molecule has 20 heavy (non-hydrogen) atoms. The van der Waals surface area contributed by atoms with Crippen LogP contribution in [0.4, 0.5) is 5.95 Å². The molecule has 1 aliphatic heterocycles. The fourth-order valence-corrected chi connectivity index (χ4v) is 2.36. The molecule has 0 bridgehead atoms. The summed E-state index contributed by atoms with van der Waals surface area (Å²) in [5, 5.41) is 3.38. The van der Waals surface area contributed by atoms with Crippen molar-refractivity contribution in [1.29, 1.82) is 0 Å². The molecule has 0 aliphatic carbocycles. The molecule has 1 aromatic rings. The van der Waals surface area contributed by atoms with Gasteiger partial charge < -0.3 is 15.0 Å². The van der Waals surface area contributed by atoms with Crippen molar-refractivity contribution in [3.63, 3.8) is 0 Å². The van der Waals surface area contributed by atoms with E-state index in [0.29, 0.717) is 29.9 Å². The second kappa shape index (κ2) is 6.65. The zero-order valence-corrected chi connectivity index (χ0v) is 12.3. The van der Waals surface area contributed by atoms with Gasteiger partial charge in [-0.25, -0.2) is 14.8 Å². The molecule has 1 aliphatic rings. The molecule has 1 unspecified atom stereocenters. The summed E-state index contributed by atoms with van der Waals surface area (Å²) >= 11 is 0. The number of anilines is 1. The zero-order chi connectivity index (χ0) is 14.5. The zero-order valence-electron chi connectivity index (χ0n) is 12.3. The van der Waals surface area contributed by atoms with Gasteiger partial charge in [-0.1, -0.05) is 0 Å². The monoisotopic (exact) mass is 278 g/mol. The first kappa shape index (κ1) is 14.7. The van der Waals surface area contributed by atoms with Crippen LogP contribution in [0.3, 0.4) is 0 Å². The number of rotatable bonds is 4. The fourth-order valence-electron chi connectivity index (χ4n) is 2.36. The van der Waals surface area contributed by atoms with Crippen molar-refractivity contribution in [2.45, 2.75) is 32.7 Å². The average Bonchev–Trinajstić information content (AvgIpc) is 2.47. The minimum Gasteiger partial charge on any atom is -0.462 e. The van der Waals surface area contributed by atoms with Crippen LogP contribution in [0.2, 0.25) is 0 Å². The number of aromatic nitrogens is 2. The Morgan fingerprint density at radius 2 is 2.40 bits per heavy atom. The fraction of sp³-hybridized carbons (Fsp3) is 0.643. The first-order chi connectivity index (χ1) is 9.63. The molecule has 0 saturated carbocycles. The van der Waals surface area contributed by atoms with Crippen molar-refractivity contribution in [3.05, 3.63) is 17.5 Å².